The van der Waals surface area contributed by atoms with Crippen LogP contribution in [0.1, 0.15) is 24.2 Å². The molecule has 0 saturated heterocycles. The van der Waals surface area contributed by atoms with Crippen molar-refractivity contribution in [3.8, 4) is 6.07 Å². The maximum Gasteiger partial charge on any atom is 0.256 e. The highest BCUT2D eigenvalue weighted by molar-refractivity contribution is 6.34. The van der Waals surface area contributed by atoms with Gasteiger partial charge in [-0.3, -0.25) is 4.79 Å². The van der Waals surface area contributed by atoms with Gasteiger partial charge in [-0.2, -0.15) is 5.26 Å². The van der Waals surface area contributed by atoms with Gasteiger partial charge in [-0.1, -0.05) is 17.7 Å². The maximum absolute atomic E-state index is 13.2. The summed E-state index contributed by atoms with van der Waals surface area (Å²) in [6, 6.07) is 5.80. The number of carbonyl (C=O) groups is 1. The van der Waals surface area contributed by atoms with E-state index in [9.17, 15) is 9.18 Å². The van der Waals surface area contributed by atoms with Crippen LogP contribution in [0.3, 0.4) is 0 Å². The molecule has 1 amide bonds. The molecule has 0 aliphatic heterocycles. The Hall–Kier alpha value is -1.60. The summed E-state index contributed by atoms with van der Waals surface area (Å²) in [6.45, 7) is 3.51. The van der Waals surface area contributed by atoms with E-state index in [2.05, 4.69) is 0 Å². The fourth-order valence-electron chi connectivity index (χ4n) is 1.39. The van der Waals surface area contributed by atoms with E-state index < -0.39 is 11.7 Å². The zero-order chi connectivity index (χ0) is 13.0. The van der Waals surface area contributed by atoms with Gasteiger partial charge in [0, 0.05) is 6.04 Å². The first-order valence-electron chi connectivity index (χ1n) is 5.11. The van der Waals surface area contributed by atoms with Gasteiger partial charge in [0.05, 0.1) is 16.7 Å². The number of carbonyl (C=O) groups excluding carboxylic acids is 1. The average Bonchev–Trinajstić information content (AvgIpc) is 2.28. The SMILES string of the molecule is CC(C)N(CC#N)C(=O)c1cccc(F)c1Cl. The lowest BCUT2D eigenvalue weighted by atomic mass is 10.1. The molecule has 0 aliphatic rings. The van der Waals surface area contributed by atoms with Gasteiger partial charge in [0.15, 0.2) is 0 Å². The number of hydrogen-bond acceptors (Lipinski definition) is 2. The van der Waals surface area contributed by atoms with Crippen molar-refractivity contribution in [2.24, 2.45) is 0 Å². The normalized spacial score (nSPS) is 10.1. The predicted molar refractivity (Wildman–Crippen MR) is 63.2 cm³/mol. The quantitative estimate of drug-likeness (QED) is 0.779. The minimum atomic E-state index is -0.641. The summed E-state index contributed by atoms with van der Waals surface area (Å²) >= 11 is 5.73. The lowest BCUT2D eigenvalue weighted by molar-refractivity contribution is 0.0731. The third-order valence-corrected chi connectivity index (χ3v) is 2.69. The molecule has 0 radical (unpaired) electrons. The highest BCUT2D eigenvalue weighted by Crippen LogP contribution is 2.21. The minimum absolute atomic E-state index is 0.0522. The Labute approximate surface area is 104 Å². The lowest BCUT2D eigenvalue weighted by Gasteiger charge is -2.24. The average molecular weight is 255 g/mol. The van der Waals surface area contributed by atoms with Crippen molar-refractivity contribution >= 4 is 17.5 Å². The largest absolute Gasteiger partial charge is 0.323 e. The highest BCUT2D eigenvalue weighted by atomic mass is 35.5. The van der Waals surface area contributed by atoms with Crippen molar-refractivity contribution < 1.29 is 9.18 Å². The van der Waals surface area contributed by atoms with Crippen LogP contribution in [0.4, 0.5) is 4.39 Å². The third-order valence-electron chi connectivity index (χ3n) is 2.31. The van der Waals surface area contributed by atoms with Gasteiger partial charge >= 0.3 is 0 Å². The molecule has 0 N–H and O–H groups in total. The summed E-state index contributed by atoms with van der Waals surface area (Å²) in [6.07, 6.45) is 0. The number of amides is 1. The third kappa shape index (κ3) is 2.95. The maximum atomic E-state index is 13.2. The second-order valence-corrected chi connectivity index (χ2v) is 4.16. The van der Waals surface area contributed by atoms with Crippen molar-refractivity contribution in [1.82, 2.24) is 4.90 Å². The molecule has 0 aliphatic carbocycles. The van der Waals surface area contributed by atoms with E-state index >= 15 is 0 Å². The van der Waals surface area contributed by atoms with Crippen LogP contribution < -0.4 is 0 Å². The number of nitriles is 1. The van der Waals surface area contributed by atoms with Crippen LogP contribution in [0.5, 0.6) is 0 Å². The Morgan fingerprint density at radius 1 is 1.59 bits per heavy atom. The fourth-order valence-corrected chi connectivity index (χ4v) is 1.60. The number of halogens is 2. The van der Waals surface area contributed by atoms with E-state index in [-0.39, 0.29) is 23.2 Å². The van der Waals surface area contributed by atoms with E-state index in [1.807, 2.05) is 6.07 Å². The molecule has 90 valence electrons. The molecule has 0 bridgehead atoms. The van der Waals surface area contributed by atoms with Crippen LogP contribution in [0.2, 0.25) is 5.02 Å². The van der Waals surface area contributed by atoms with Gasteiger partial charge in [-0.25, -0.2) is 4.39 Å². The van der Waals surface area contributed by atoms with Gasteiger partial charge in [-0.05, 0) is 26.0 Å². The smallest absolute Gasteiger partial charge is 0.256 e. The number of hydrogen-bond donors (Lipinski definition) is 0. The second-order valence-electron chi connectivity index (χ2n) is 3.79. The fraction of sp³-hybridized carbons (Fsp3) is 0.333. The molecule has 1 aromatic rings. The lowest BCUT2D eigenvalue weighted by Crippen LogP contribution is -2.37. The van der Waals surface area contributed by atoms with E-state index in [0.29, 0.717) is 0 Å². The topological polar surface area (TPSA) is 44.1 Å². The van der Waals surface area contributed by atoms with Gasteiger partial charge in [0.1, 0.15) is 12.4 Å². The van der Waals surface area contributed by atoms with Crippen molar-refractivity contribution in [2.45, 2.75) is 19.9 Å². The number of rotatable bonds is 3. The summed E-state index contributed by atoms with van der Waals surface area (Å²) < 4.78 is 13.2. The molecule has 0 atom stereocenters. The van der Waals surface area contributed by atoms with Crippen molar-refractivity contribution in [3.05, 3.63) is 34.6 Å². The summed E-state index contributed by atoms with van der Waals surface area (Å²) in [5.41, 5.74) is 0.0793. The summed E-state index contributed by atoms with van der Waals surface area (Å²) in [5, 5.41) is 8.45. The Balaban J connectivity index is 3.11. The van der Waals surface area contributed by atoms with Gasteiger partial charge < -0.3 is 4.90 Å². The highest BCUT2D eigenvalue weighted by Gasteiger charge is 2.21. The second kappa shape index (κ2) is 5.65. The molecule has 0 unspecified atom stereocenters. The Morgan fingerprint density at radius 2 is 2.24 bits per heavy atom. The number of benzene rings is 1. The predicted octanol–water partition coefficient (Wildman–Crippen LogP) is 2.85. The van der Waals surface area contributed by atoms with Crippen LogP contribution in [0.15, 0.2) is 18.2 Å². The van der Waals surface area contributed by atoms with E-state index in [4.69, 9.17) is 16.9 Å². The van der Waals surface area contributed by atoms with Crippen LogP contribution in [-0.4, -0.2) is 23.4 Å². The molecule has 3 nitrogen and oxygen atoms in total. The molecule has 0 saturated carbocycles. The summed E-state index contributed by atoms with van der Waals surface area (Å²) in [7, 11) is 0. The molecule has 0 aromatic heterocycles. The Morgan fingerprint density at radius 3 is 2.76 bits per heavy atom. The minimum Gasteiger partial charge on any atom is -0.323 e. The van der Waals surface area contributed by atoms with E-state index in [0.717, 1.165) is 0 Å². The molecule has 1 aromatic carbocycles. The van der Waals surface area contributed by atoms with E-state index in [1.54, 1.807) is 13.8 Å². The zero-order valence-corrected chi connectivity index (χ0v) is 10.3. The van der Waals surface area contributed by atoms with Crippen molar-refractivity contribution in [1.29, 1.82) is 5.26 Å². The number of nitrogens with zero attached hydrogens (tertiary/aromatic N) is 2. The molecule has 1 rings (SSSR count). The van der Waals surface area contributed by atoms with Gasteiger partial charge in [0.25, 0.3) is 5.91 Å². The Kier molecular flexibility index (Phi) is 4.47. The molecule has 0 spiro atoms. The molecular weight excluding hydrogens is 243 g/mol. The first-order valence-corrected chi connectivity index (χ1v) is 5.48. The van der Waals surface area contributed by atoms with Crippen LogP contribution in [0, 0.1) is 17.1 Å². The summed E-state index contributed by atoms with van der Waals surface area (Å²) in [4.78, 5) is 13.4. The standard InChI is InChI=1S/C12H12ClFN2O/c1-8(2)16(7-6-15)12(17)9-4-3-5-10(14)11(9)13/h3-5,8H,7H2,1-2H3. The molecule has 5 heteroatoms. The van der Waals surface area contributed by atoms with Gasteiger partial charge in [-0.15, -0.1) is 0 Å². The van der Waals surface area contributed by atoms with Crippen LogP contribution >= 0.6 is 11.6 Å². The zero-order valence-electron chi connectivity index (χ0n) is 9.58. The molecule has 17 heavy (non-hydrogen) atoms. The first-order chi connectivity index (χ1) is 7.99. The van der Waals surface area contributed by atoms with Crippen LogP contribution in [0.25, 0.3) is 0 Å². The van der Waals surface area contributed by atoms with Crippen molar-refractivity contribution in [3.63, 3.8) is 0 Å². The van der Waals surface area contributed by atoms with Gasteiger partial charge in [0.2, 0.25) is 0 Å². The van der Waals surface area contributed by atoms with Crippen molar-refractivity contribution in [2.75, 3.05) is 6.54 Å². The summed E-state index contributed by atoms with van der Waals surface area (Å²) in [5.74, 6) is -1.08. The first kappa shape index (κ1) is 13.5. The van der Waals surface area contributed by atoms with E-state index in [1.165, 1.54) is 23.1 Å². The molecule has 0 fully saturated rings. The van der Waals surface area contributed by atoms with Crippen LogP contribution in [-0.2, 0) is 0 Å². The molecule has 0 heterocycles. The molecular formula is C12H12ClFN2O. The monoisotopic (exact) mass is 254 g/mol. The Bertz CT molecular complexity index is 468.